The van der Waals surface area contributed by atoms with Crippen LogP contribution >= 0.6 is 0 Å². The first-order valence-corrected chi connectivity index (χ1v) is 7.38. The number of nitrogens with zero attached hydrogens (tertiary/aromatic N) is 1. The van der Waals surface area contributed by atoms with E-state index in [-0.39, 0.29) is 30.7 Å². The molecule has 2 rings (SSSR count). The van der Waals surface area contributed by atoms with Gasteiger partial charge in [0.1, 0.15) is 0 Å². The lowest BCUT2D eigenvalue weighted by molar-refractivity contribution is -0.132. The number of benzene rings is 1. The number of hydrogen-bond donors (Lipinski definition) is 2. The minimum Gasteiger partial charge on any atom is -0.459 e. The molecule has 0 unspecified atom stereocenters. The Balaban J connectivity index is 1.77. The number of furan rings is 1. The second-order valence-electron chi connectivity index (χ2n) is 5.32. The fourth-order valence-corrected chi connectivity index (χ4v) is 1.93. The maximum absolute atomic E-state index is 12.0. The summed E-state index contributed by atoms with van der Waals surface area (Å²) in [5.74, 6) is -1.05. The molecule has 0 spiro atoms. The molecule has 1 aromatic heterocycles. The summed E-state index contributed by atoms with van der Waals surface area (Å²) in [5, 5.41) is 5.15. The normalized spacial score (nSPS) is 10.1. The third-order valence-electron chi connectivity index (χ3n) is 3.29. The summed E-state index contributed by atoms with van der Waals surface area (Å²) in [4.78, 5) is 36.8. The third-order valence-corrected chi connectivity index (χ3v) is 3.29. The van der Waals surface area contributed by atoms with Gasteiger partial charge in [-0.05, 0) is 31.2 Å². The molecular formula is C17H19N3O4. The zero-order valence-corrected chi connectivity index (χ0v) is 13.5. The fourth-order valence-electron chi connectivity index (χ4n) is 1.93. The van der Waals surface area contributed by atoms with Crippen molar-refractivity contribution in [1.82, 2.24) is 10.2 Å². The smallest absolute Gasteiger partial charge is 0.287 e. The second-order valence-corrected chi connectivity index (χ2v) is 5.32. The molecule has 0 saturated carbocycles. The largest absolute Gasteiger partial charge is 0.459 e. The second kappa shape index (κ2) is 7.96. The van der Waals surface area contributed by atoms with Crippen LogP contribution in [0, 0.1) is 6.92 Å². The first-order chi connectivity index (χ1) is 11.5. The van der Waals surface area contributed by atoms with Crippen molar-refractivity contribution in [2.24, 2.45) is 0 Å². The number of hydrogen-bond acceptors (Lipinski definition) is 4. The standard InChI is InChI=1S/C17H19N3O4/c1-12-5-7-13(8-6-12)19-15(21)11-20(2)16(22)10-18-17(23)14-4-3-9-24-14/h3-9H,10-11H2,1-2H3,(H,18,23)(H,19,21). The fraction of sp³-hybridized carbons (Fsp3) is 0.235. The van der Waals surface area contributed by atoms with Crippen LogP contribution in [-0.2, 0) is 9.59 Å². The number of rotatable bonds is 6. The maximum Gasteiger partial charge on any atom is 0.287 e. The Bertz CT molecular complexity index is 708. The highest BCUT2D eigenvalue weighted by Crippen LogP contribution is 2.08. The molecule has 2 N–H and O–H groups in total. The predicted octanol–water partition coefficient (Wildman–Crippen LogP) is 1.41. The third kappa shape index (κ3) is 4.98. The number of nitrogens with one attached hydrogen (secondary N) is 2. The van der Waals surface area contributed by atoms with E-state index in [2.05, 4.69) is 10.6 Å². The van der Waals surface area contributed by atoms with Crippen molar-refractivity contribution in [2.45, 2.75) is 6.92 Å². The van der Waals surface area contributed by atoms with E-state index in [0.717, 1.165) is 5.56 Å². The Kier molecular flexibility index (Phi) is 5.73. The highest BCUT2D eigenvalue weighted by molar-refractivity contribution is 5.96. The van der Waals surface area contributed by atoms with Gasteiger partial charge in [-0.25, -0.2) is 0 Å². The number of likely N-dealkylation sites (N-methyl/N-ethyl adjacent to an activating group) is 1. The van der Waals surface area contributed by atoms with Gasteiger partial charge in [0.25, 0.3) is 5.91 Å². The minimum atomic E-state index is -0.481. The van der Waals surface area contributed by atoms with Gasteiger partial charge in [0.15, 0.2) is 5.76 Å². The van der Waals surface area contributed by atoms with Crippen molar-refractivity contribution < 1.29 is 18.8 Å². The van der Waals surface area contributed by atoms with Gasteiger partial charge in [0.2, 0.25) is 11.8 Å². The highest BCUT2D eigenvalue weighted by atomic mass is 16.3. The van der Waals surface area contributed by atoms with E-state index < -0.39 is 5.91 Å². The van der Waals surface area contributed by atoms with Crippen molar-refractivity contribution in [3.8, 4) is 0 Å². The molecule has 0 atom stereocenters. The summed E-state index contributed by atoms with van der Waals surface area (Å²) in [5.41, 5.74) is 1.75. The molecular weight excluding hydrogens is 310 g/mol. The number of carbonyl (C=O) groups excluding carboxylic acids is 3. The van der Waals surface area contributed by atoms with Crippen molar-refractivity contribution in [3.05, 3.63) is 54.0 Å². The van der Waals surface area contributed by atoms with Crippen LogP contribution in [0.15, 0.2) is 47.1 Å². The lowest BCUT2D eigenvalue weighted by atomic mass is 10.2. The van der Waals surface area contributed by atoms with Crippen LogP contribution in [0.1, 0.15) is 16.1 Å². The molecule has 2 aromatic rings. The average molecular weight is 329 g/mol. The highest BCUT2D eigenvalue weighted by Gasteiger charge is 2.15. The summed E-state index contributed by atoms with van der Waals surface area (Å²) in [6.45, 7) is 1.63. The lowest BCUT2D eigenvalue weighted by Crippen LogP contribution is -2.41. The predicted molar refractivity (Wildman–Crippen MR) is 88.5 cm³/mol. The number of amides is 3. The van der Waals surface area contributed by atoms with E-state index in [1.54, 1.807) is 18.2 Å². The minimum absolute atomic E-state index is 0.108. The number of anilines is 1. The molecule has 0 aliphatic carbocycles. The van der Waals surface area contributed by atoms with Crippen molar-refractivity contribution in [2.75, 3.05) is 25.5 Å². The van der Waals surface area contributed by atoms with E-state index in [1.807, 2.05) is 19.1 Å². The molecule has 0 fully saturated rings. The van der Waals surface area contributed by atoms with E-state index >= 15 is 0 Å². The maximum atomic E-state index is 12.0. The molecule has 0 radical (unpaired) electrons. The molecule has 1 aromatic carbocycles. The summed E-state index contributed by atoms with van der Waals surface area (Å²) in [6, 6.07) is 10.4. The zero-order valence-electron chi connectivity index (χ0n) is 13.5. The summed E-state index contributed by atoms with van der Waals surface area (Å²) in [7, 11) is 1.50. The van der Waals surface area contributed by atoms with Crippen LogP contribution in [0.3, 0.4) is 0 Å². The monoisotopic (exact) mass is 329 g/mol. The average Bonchev–Trinajstić information content (AvgIpc) is 3.08. The van der Waals surface area contributed by atoms with Crippen molar-refractivity contribution in [3.63, 3.8) is 0 Å². The Hall–Kier alpha value is -3.09. The molecule has 1 heterocycles. The number of carbonyl (C=O) groups is 3. The van der Waals surface area contributed by atoms with Crippen LogP contribution in [0.5, 0.6) is 0 Å². The van der Waals surface area contributed by atoms with Gasteiger partial charge >= 0.3 is 0 Å². The summed E-state index contributed by atoms with van der Waals surface area (Å²) < 4.78 is 4.93. The Morgan fingerprint density at radius 3 is 2.46 bits per heavy atom. The molecule has 3 amide bonds. The lowest BCUT2D eigenvalue weighted by Gasteiger charge is -2.17. The first kappa shape index (κ1) is 17.3. The van der Waals surface area contributed by atoms with Crippen molar-refractivity contribution in [1.29, 1.82) is 0 Å². The van der Waals surface area contributed by atoms with Crippen LogP contribution < -0.4 is 10.6 Å². The zero-order chi connectivity index (χ0) is 17.5. The van der Waals surface area contributed by atoms with Gasteiger partial charge in [-0.2, -0.15) is 0 Å². The molecule has 7 nitrogen and oxygen atoms in total. The van der Waals surface area contributed by atoms with Gasteiger partial charge in [-0.15, -0.1) is 0 Å². The SMILES string of the molecule is Cc1ccc(NC(=O)CN(C)C(=O)CNC(=O)c2ccco2)cc1. The van der Waals surface area contributed by atoms with E-state index in [9.17, 15) is 14.4 Å². The van der Waals surface area contributed by atoms with Gasteiger partial charge in [-0.1, -0.05) is 17.7 Å². The summed E-state index contributed by atoms with van der Waals surface area (Å²) >= 11 is 0. The molecule has 0 saturated heterocycles. The molecule has 24 heavy (non-hydrogen) atoms. The molecule has 7 heteroatoms. The van der Waals surface area contributed by atoms with Gasteiger partial charge < -0.3 is 20.0 Å². The van der Waals surface area contributed by atoms with E-state index in [0.29, 0.717) is 5.69 Å². The van der Waals surface area contributed by atoms with Crippen molar-refractivity contribution >= 4 is 23.4 Å². The van der Waals surface area contributed by atoms with Crippen LogP contribution in [0.25, 0.3) is 0 Å². The topological polar surface area (TPSA) is 91.7 Å². The molecule has 0 aliphatic heterocycles. The Morgan fingerprint density at radius 1 is 1.12 bits per heavy atom. The van der Waals surface area contributed by atoms with Gasteiger partial charge in [0.05, 0.1) is 19.4 Å². The quantitative estimate of drug-likeness (QED) is 0.838. The molecule has 0 bridgehead atoms. The Labute approximate surface area is 139 Å². The molecule has 0 aliphatic rings. The van der Waals surface area contributed by atoms with Crippen LogP contribution in [0.4, 0.5) is 5.69 Å². The van der Waals surface area contributed by atoms with Gasteiger partial charge in [-0.3, -0.25) is 14.4 Å². The summed E-state index contributed by atoms with van der Waals surface area (Å²) in [6.07, 6.45) is 1.37. The van der Waals surface area contributed by atoms with E-state index in [4.69, 9.17) is 4.42 Å². The number of aryl methyl sites for hydroxylation is 1. The van der Waals surface area contributed by atoms with Gasteiger partial charge in [0, 0.05) is 12.7 Å². The molecule has 126 valence electrons. The first-order valence-electron chi connectivity index (χ1n) is 7.38. The Morgan fingerprint density at radius 2 is 1.83 bits per heavy atom. The van der Waals surface area contributed by atoms with E-state index in [1.165, 1.54) is 24.3 Å². The van der Waals surface area contributed by atoms with Crippen LogP contribution in [-0.4, -0.2) is 42.8 Å². The van der Waals surface area contributed by atoms with Crippen LogP contribution in [0.2, 0.25) is 0 Å².